The van der Waals surface area contributed by atoms with E-state index in [0.29, 0.717) is 5.41 Å². The van der Waals surface area contributed by atoms with Gasteiger partial charge in [0.15, 0.2) is 5.96 Å². The summed E-state index contributed by atoms with van der Waals surface area (Å²) in [5.74, 6) is 1.75. The summed E-state index contributed by atoms with van der Waals surface area (Å²) < 4.78 is 11.0. The summed E-state index contributed by atoms with van der Waals surface area (Å²) in [6.07, 6.45) is 6.30. The van der Waals surface area contributed by atoms with Gasteiger partial charge >= 0.3 is 0 Å². The number of rotatable bonds is 11. The smallest absolute Gasteiger partial charge is 0.191 e. The lowest BCUT2D eigenvalue weighted by Gasteiger charge is -2.31. The van der Waals surface area contributed by atoms with E-state index in [1.54, 1.807) is 7.11 Å². The molecule has 0 heterocycles. The third-order valence-corrected chi connectivity index (χ3v) is 6.06. The number of benzene rings is 1. The second-order valence-corrected chi connectivity index (χ2v) is 8.22. The van der Waals surface area contributed by atoms with Gasteiger partial charge in [-0.2, -0.15) is 0 Å². The number of nitrogens with zero attached hydrogens (tertiary/aromatic N) is 2. The number of ether oxygens (including phenoxy) is 2. The minimum atomic E-state index is 0.224. The molecular formula is C23H40N4O2. The third-order valence-electron chi connectivity index (χ3n) is 6.06. The highest BCUT2D eigenvalue weighted by Crippen LogP contribution is 2.40. The van der Waals surface area contributed by atoms with Crippen molar-refractivity contribution in [2.45, 2.75) is 45.1 Å². The molecule has 0 bridgehead atoms. The van der Waals surface area contributed by atoms with Gasteiger partial charge in [-0.3, -0.25) is 4.99 Å². The van der Waals surface area contributed by atoms with Crippen molar-refractivity contribution in [3.63, 3.8) is 0 Å². The van der Waals surface area contributed by atoms with Crippen LogP contribution in [0.15, 0.2) is 29.3 Å². The molecule has 1 aromatic rings. The first-order valence-electron chi connectivity index (χ1n) is 10.9. The van der Waals surface area contributed by atoms with Crippen molar-refractivity contribution in [2.75, 3.05) is 54.6 Å². The molecule has 1 aromatic carbocycles. The molecule has 2 N–H and O–H groups in total. The summed E-state index contributed by atoms with van der Waals surface area (Å²) in [6, 6.07) is 8.49. The van der Waals surface area contributed by atoms with Gasteiger partial charge in [0.25, 0.3) is 0 Å². The molecule has 0 aliphatic heterocycles. The largest absolute Gasteiger partial charge is 0.497 e. The SMILES string of the molecule is CCOCCC1(CNC(=NC)NCC(c2cccc(OC)c2)N(C)C)CCCC1. The lowest BCUT2D eigenvalue weighted by atomic mass is 9.83. The van der Waals surface area contributed by atoms with Gasteiger partial charge in [0, 0.05) is 33.4 Å². The van der Waals surface area contributed by atoms with E-state index in [2.05, 4.69) is 53.7 Å². The fourth-order valence-corrected chi connectivity index (χ4v) is 4.21. The van der Waals surface area contributed by atoms with Gasteiger partial charge in [0.1, 0.15) is 5.75 Å². The van der Waals surface area contributed by atoms with Crippen LogP contribution in [0.3, 0.4) is 0 Å². The number of guanidine groups is 1. The summed E-state index contributed by atoms with van der Waals surface area (Å²) in [5, 5.41) is 7.11. The molecule has 29 heavy (non-hydrogen) atoms. The molecule has 1 atom stereocenters. The minimum Gasteiger partial charge on any atom is -0.497 e. The molecule has 0 radical (unpaired) electrons. The van der Waals surface area contributed by atoms with Crippen LogP contribution in [-0.2, 0) is 4.74 Å². The molecule has 0 aromatic heterocycles. The number of likely N-dealkylation sites (N-methyl/N-ethyl adjacent to an activating group) is 1. The van der Waals surface area contributed by atoms with Crippen LogP contribution in [0.4, 0.5) is 0 Å². The van der Waals surface area contributed by atoms with Crippen molar-refractivity contribution in [1.82, 2.24) is 15.5 Å². The van der Waals surface area contributed by atoms with Crippen LogP contribution in [0.5, 0.6) is 5.75 Å². The molecule has 0 amide bonds. The summed E-state index contributed by atoms with van der Waals surface area (Å²) >= 11 is 0. The molecule has 164 valence electrons. The van der Waals surface area contributed by atoms with Crippen molar-refractivity contribution in [2.24, 2.45) is 10.4 Å². The first kappa shape index (κ1) is 23.5. The monoisotopic (exact) mass is 404 g/mol. The second kappa shape index (κ2) is 12.0. The van der Waals surface area contributed by atoms with Gasteiger partial charge in [0.05, 0.1) is 13.2 Å². The Morgan fingerprint density at radius 2 is 2.00 bits per heavy atom. The van der Waals surface area contributed by atoms with Crippen molar-refractivity contribution >= 4 is 5.96 Å². The zero-order valence-electron chi connectivity index (χ0n) is 19.0. The van der Waals surface area contributed by atoms with E-state index in [-0.39, 0.29) is 6.04 Å². The van der Waals surface area contributed by atoms with E-state index in [9.17, 15) is 0 Å². The molecule has 2 rings (SSSR count). The zero-order valence-corrected chi connectivity index (χ0v) is 19.0. The van der Waals surface area contributed by atoms with Crippen molar-refractivity contribution in [1.29, 1.82) is 0 Å². The molecule has 1 fully saturated rings. The van der Waals surface area contributed by atoms with Crippen molar-refractivity contribution < 1.29 is 9.47 Å². The van der Waals surface area contributed by atoms with Gasteiger partial charge < -0.3 is 25.0 Å². The maximum Gasteiger partial charge on any atom is 0.191 e. The van der Waals surface area contributed by atoms with E-state index < -0.39 is 0 Å². The Bertz CT molecular complexity index is 627. The van der Waals surface area contributed by atoms with Crippen molar-refractivity contribution in [3.05, 3.63) is 29.8 Å². The molecule has 6 nitrogen and oxygen atoms in total. The summed E-state index contributed by atoms with van der Waals surface area (Å²) in [7, 11) is 7.75. The molecule has 1 unspecified atom stereocenters. The van der Waals surface area contributed by atoms with Crippen LogP contribution in [-0.4, -0.2) is 65.4 Å². The quantitative estimate of drug-likeness (QED) is 0.336. The molecule has 1 aliphatic carbocycles. The van der Waals surface area contributed by atoms with Crippen LogP contribution in [0.1, 0.15) is 50.6 Å². The topological polar surface area (TPSA) is 58.1 Å². The van der Waals surface area contributed by atoms with Crippen LogP contribution in [0, 0.1) is 5.41 Å². The highest BCUT2D eigenvalue weighted by atomic mass is 16.5. The summed E-state index contributed by atoms with van der Waals surface area (Å²) in [4.78, 5) is 6.67. The second-order valence-electron chi connectivity index (χ2n) is 8.22. The lowest BCUT2D eigenvalue weighted by molar-refractivity contribution is 0.105. The molecule has 1 saturated carbocycles. The number of hydrogen-bond donors (Lipinski definition) is 2. The molecule has 6 heteroatoms. The fourth-order valence-electron chi connectivity index (χ4n) is 4.21. The highest BCUT2D eigenvalue weighted by molar-refractivity contribution is 5.79. The van der Waals surface area contributed by atoms with Gasteiger partial charge in [-0.25, -0.2) is 0 Å². The predicted molar refractivity (Wildman–Crippen MR) is 121 cm³/mol. The van der Waals surface area contributed by atoms with Gasteiger partial charge in [-0.15, -0.1) is 0 Å². The average Bonchev–Trinajstić information content (AvgIpc) is 3.19. The number of aliphatic imine (C=N–C) groups is 1. The van der Waals surface area contributed by atoms with E-state index >= 15 is 0 Å². The van der Waals surface area contributed by atoms with Gasteiger partial charge in [-0.05, 0) is 63.4 Å². The number of methoxy groups -OCH3 is 1. The standard InChI is InChI=1S/C23H40N4O2/c1-6-29-15-14-23(12-7-8-13-23)18-26-22(24-2)25-17-21(27(3)4)19-10-9-11-20(16-19)28-5/h9-11,16,21H,6-8,12-15,17-18H2,1-5H3,(H2,24,25,26). The Labute approximate surface area is 177 Å². The number of hydrogen-bond acceptors (Lipinski definition) is 4. The highest BCUT2D eigenvalue weighted by Gasteiger charge is 2.33. The molecule has 0 spiro atoms. The zero-order chi connectivity index (χ0) is 21.1. The van der Waals surface area contributed by atoms with Gasteiger partial charge in [-0.1, -0.05) is 25.0 Å². The molecular weight excluding hydrogens is 364 g/mol. The van der Waals surface area contributed by atoms with E-state index in [1.807, 2.05) is 19.2 Å². The molecule has 1 aliphatic rings. The Morgan fingerprint density at radius 3 is 2.62 bits per heavy atom. The number of nitrogens with one attached hydrogen (secondary N) is 2. The van der Waals surface area contributed by atoms with Crippen LogP contribution >= 0.6 is 0 Å². The third kappa shape index (κ3) is 7.19. The summed E-state index contributed by atoms with van der Waals surface area (Å²) in [6.45, 7) is 5.43. The lowest BCUT2D eigenvalue weighted by Crippen LogP contribution is -2.45. The Kier molecular flexibility index (Phi) is 9.74. The predicted octanol–water partition coefficient (Wildman–Crippen LogP) is 3.45. The maximum absolute atomic E-state index is 5.64. The van der Waals surface area contributed by atoms with Crippen LogP contribution in [0.25, 0.3) is 0 Å². The van der Waals surface area contributed by atoms with E-state index in [0.717, 1.165) is 44.4 Å². The average molecular weight is 405 g/mol. The maximum atomic E-state index is 5.64. The first-order chi connectivity index (χ1) is 14.0. The van der Waals surface area contributed by atoms with E-state index in [1.165, 1.54) is 31.2 Å². The van der Waals surface area contributed by atoms with Crippen molar-refractivity contribution in [3.8, 4) is 5.75 Å². The van der Waals surface area contributed by atoms with Crippen LogP contribution < -0.4 is 15.4 Å². The fraction of sp³-hybridized carbons (Fsp3) is 0.696. The Balaban J connectivity index is 1.93. The van der Waals surface area contributed by atoms with Gasteiger partial charge in [0.2, 0.25) is 0 Å². The Morgan fingerprint density at radius 1 is 1.24 bits per heavy atom. The molecule has 0 saturated heterocycles. The summed E-state index contributed by atoms with van der Waals surface area (Å²) in [5.41, 5.74) is 1.56. The first-order valence-corrected chi connectivity index (χ1v) is 10.9. The normalized spacial score (nSPS) is 17.4. The minimum absolute atomic E-state index is 0.224. The Hall–Kier alpha value is -1.79. The van der Waals surface area contributed by atoms with E-state index in [4.69, 9.17) is 9.47 Å². The van der Waals surface area contributed by atoms with Crippen LogP contribution in [0.2, 0.25) is 0 Å².